The van der Waals surface area contributed by atoms with Gasteiger partial charge in [-0.1, -0.05) is 19.4 Å². The minimum Gasteiger partial charge on any atom is -0.467 e. The molecule has 2 aromatic heterocycles. The first-order valence-electron chi connectivity index (χ1n) is 10.8. The smallest absolute Gasteiger partial charge is 0.270 e. The lowest BCUT2D eigenvalue weighted by molar-refractivity contribution is -0.384. The van der Waals surface area contributed by atoms with Crippen LogP contribution in [0.2, 0.25) is 0 Å². The SMILES string of the molecule is CCCCN(CC(=O)N(Cc1ccco1)Cc1cccn1C)C(=O)c1cccc([N+](=O)[O-])c1. The molecule has 0 atom stereocenters. The van der Waals surface area contributed by atoms with E-state index in [2.05, 4.69) is 0 Å². The number of hydrogen-bond donors (Lipinski definition) is 0. The molecule has 0 unspecified atom stereocenters. The van der Waals surface area contributed by atoms with Crippen molar-refractivity contribution in [1.82, 2.24) is 14.4 Å². The van der Waals surface area contributed by atoms with Crippen LogP contribution in [0, 0.1) is 10.1 Å². The molecule has 33 heavy (non-hydrogen) atoms. The number of nitro groups is 1. The fraction of sp³-hybridized carbons (Fsp3) is 0.333. The topological polar surface area (TPSA) is 102 Å². The lowest BCUT2D eigenvalue weighted by Crippen LogP contribution is -2.43. The number of carbonyl (C=O) groups is 2. The molecular weight excluding hydrogens is 424 g/mol. The minimum atomic E-state index is -0.538. The zero-order valence-corrected chi connectivity index (χ0v) is 18.8. The van der Waals surface area contributed by atoms with E-state index in [1.54, 1.807) is 23.3 Å². The van der Waals surface area contributed by atoms with Crippen LogP contribution in [0.5, 0.6) is 0 Å². The lowest BCUT2D eigenvalue weighted by atomic mass is 10.1. The van der Waals surface area contributed by atoms with E-state index >= 15 is 0 Å². The van der Waals surface area contributed by atoms with E-state index in [1.807, 2.05) is 36.9 Å². The second-order valence-corrected chi connectivity index (χ2v) is 7.83. The van der Waals surface area contributed by atoms with Gasteiger partial charge in [-0.15, -0.1) is 0 Å². The highest BCUT2D eigenvalue weighted by Crippen LogP contribution is 2.17. The molecule has 9 nitrogen and oxygen atoms in total. The van der Waals surface area contributed by atoms with Gasteiger partial charge in [-0.25, -0.2) is 0 Å². The fourth-order valence-electron chi connectivity index (χ4n) is 3.48. The van der Waals surface area contributed by atoms with Gasteiger partial charge in [0.2, 0.25) is 5.91 Å². The predicted octanol–water partition coefficient (Wildman–Crippen LogP) is 4.00. The standard InChI is InChI=1S/C24H28N4O5/c1-3-4-13-26(24(30)19-8-5-9-20(15-19)28(31)32)18-23(29)27(17-22-11-7-14-33-22)16-21-10-6-12-25(21)2/h5-12,14-15H,3-4,13,16-18H2,1-2H3. The minimum absolute atomic E-state index is 0.132. The van der Waals surface area contributed by atoms with Crippen molar-refractivity contribution in [3.63, 3.8) is 0 Å². The number of nitro benzene ring substituents is 1. The maximum atomic E-state index is 13.4. The highest BCUT2D eigenvalue weighted by molar-refractivity contribution is 5.97. The van der Waals surface area contributed by atoms with Gasteiger partial charge < -0.3 is 18.8 Å². The molecule has 0 N–H and O–H groups in total. The molecule has 0 bridgehead atoms. The van der Waals surface area contributed by atoms with E-state index in [9.17, 15) is 19.7 Å². The molecule has 0 aliphatic carbocycles. The summed E-state index contributed by atoms with van der Waals surface area (Å²) in [5, 5.41) is 11.1. The van der Waals surface area contributed by atoms with Crippen LogP contribution in [0.1, 0.15) is 41.6 Å². The van der Waals surface area contributed by atoms with Crippen molar-refractivity contribution in [2.75, 3.05) is 13.1 Å². The third-order valence-corrected chi connectivity index (χ3v) is 5.38. The number of rotatable bonds is 11. The first-order chi connectivity index (χ1) is 15.9. The number of furan rings is 1. The third kappa shape index (κ3) is 6.31. The molecule has 0 saturated carbocycles. The predicted molar refractivity (Wildman–Crippen MR) is 122 cm³/mol. The Kier molecular flexibility index (Phi) is 8.01. The van der Waals surface area contributed by atoms with Crippen molar-refractivity contribution in [2.24, 2.45) is 7.05 Å². The summed E-state index contributed by atoms with van der Waals surface area (Å²) in [4.78, 5) is 40.2. The van der Waals surface area contributed by atoms with Crippen LogP contribution in [-0.2, 0) is 24.9 Å². The zero-order valence-electron chi connectivity index (χ0n) is 18.8. The van der Waals surface area contributed by atoms with Crippen LogP contribution in [0.3, 0.4) is 0 Å². The van der Waals surface area contributed by atoms with Crippen LogP contribution in [0.4, 0.5) is 5.69 Å². The Morgan fingerprint density at radius 2 is 1.91 bits per heavy atom. The zero-order chi connectivity index (χ0) is 23.8. The highest BCUT2D eigenvalue weighted by Gasteiger charge is 2.24. The van der Waals surface area contributed by atoms with Gasteiger partial charge in [-0.2, -0.15) is 0 Å². The van der Waals surface area contributed by atoms with Crippen LogP contribution < -0.4 is 0 Å². The van der Waals surface area contributed by atoms with Gasteiger partial charge in [-0.05, 0) is 36.8 Å². The highest BCUT2D eigenvalue weighted by atomic mass is 16.6. The molecule has 0 spiro atoms. The van der Waals surface area contributed by atoms with Gasteiger partial charge in [0.25, 0.3) is 11.6 Å². The fourth-order valence-corrected chi connectivity index (χ4v) is 3.48. The van der Waals surface area contributed by atoms with Crippen molar-refractivity contribution in [3.8, 4) is 0 Å². The second-order valence-electron chi connectivity index (χ2n) is 7.83. The van der Waals surface area contributed by atoms with Crippen molar-refractivity contribution in [2.45, 2.75) is 32.9 Å². The van der Waals surface area contributed by atoms with Gasteiger partial charge in [0, 0.05) is 43.2 Å². The monoisotopic (exact) mass is 452 g/mol. The first kappa shape index (κ1) is 23.8. The van der Waals surface area contributed by atoms with Gasteiger partial charge >= 0.3 is 0 Å². The Hall–Kier alpha value is -3.88. The summed E-state index contributed by atoms with van der Waals surface area (Å²) in [5.41, 5.74) is 0.971. The summed E-state index contributed by atoms with van der Waals surface area (Å²) in [6.45, 7) is 2.87. The van der Waals surface area contributed by atoms with Crippen LogP contribution in [0.15, 0.2) is 65.4 Å². The van der Waals surface area contributed by atoms with Crippen molar-refractivity contribution in [3.05, 3.63) is 88.1 Å². The van der Waals surface area contributed by atoms with E-state index < -0.39 is 10.8 Å². The van der Waals surface area contributed by atoms with Gasteiger partial charge in [0.05, 0.1) is 24.3 Å². The number of amides is 2. The molecule has 0 saturated heterocycles. The molecule has 9 heteroatoms. The summed E-state index contributed by atoms with van der Waals surface area (Å²) in [7, 11) is 1.91. The molecule has 0 aliphatic rings. The van der Waals surface area contributed by atoms with Crippen LogP contribution in [-0.4, -0.2) is 44.2 Å². The molecule has 0 aliphatic heterocycles. The van der Waals surface area contributed by atoms with E-state index in [-0.39, 0.29) is 30.2 Å². The number of hydrogen-bond acceptors (Lipinski definition) is 5. The largest absolute Gasteiger partial charge is 0.467 e. The Bertz CT molecular complexity index is 1090. The number of aryl methyl sites for hydroxylation is 1. The number of unbranched alkanes of at least 4 members (excludes halogenated alkanes) is 1. The van der Waals surface area contributed by atoms with E-state index in [1.165, 1.54) is 29.2 Å². The van der Waals surface area contributed by atoms with E-state index in [0.717, 1.165) is 12.1 Å². The lowest BCUT2D eigenvalue weighted by Gasteiger charge is -2.27. The van der Waals surface area contributed by atoms with Gasteiger partial charge in [0.1, 0.15) is 12.3 Å². The number of benzene rings is 1. The molecule has 1 aromatic carbocycles. The van der Waals surface area contributed by atoms with Crippen LogP contribution >= 0.6 is 0 Å². The first-order valence-corrected chi connectivity index (χ1v) is 10.8. The average Bonchev–Trinajstić information content (AvgIpc) is 3.47. The summed E-state index contributed by atoms with van der Waals surface area (Å²) in [6, 6.07) is 13.0. The average molecular weight is 453 g/mol. The number of non-ortho nitro benzene ring substituents is 1. The Morgan fingerprint density at radius 1 is 1.09 bits per heavy atom. The second kappa shape index (κ2) is 11.1. The van der Waals surface area contributed by atoms with E-state index in [4.69, 9.17) is 4.42 Å². The molecule has 3 aromatic rings. The maximum absolute atomic E-state index is 13.4. The summed E-state index contributed by atoms with van der Waals surface area (Å²) >= 11 is 0. The number of carbonyl (C=O) groups excluding carboxylic acids is 2. The van der Waals surface area contributed by atoms with Crippen molar-refractivity contribution < 1.29 is 18.9 Å². The third-order valence-electron chi connectivity index (χ3n) is 5.38. The quantitative estimate of drug-likeness (QED) is 0.323. The Morgan fingerprint density at radius 3 is 2.55 bits per heavy atom. The molecule has 174 valence electrons. The van der Waals surface area contributed by atoms with Crippen molar-refractivity contribution >= 4 is 17.5 Å². The Labute approximate surface area is 192 Å². The molecule has 0 fully saturated rings. The normalized spacial score (nSPS) is 10.7. The summed E-state index contributed by atoms with van der Waals surface area (Å²) < 4.78 is 7.38. The molecule has 2 heterocycles. The van der Waals surface area contributed by atoms with E-state index in [0.29, 0.717) is 25.3 Å². The van der Waals surface area contributed by atoms with Crippen molar-refractivity contribution in [1.29, 1.82) is 0 Å². The molecule has 2 amide bonds. The molecule has 0 radical (unpaired) electrons. The van der Waals surface area contributed by atoms with Gasteiger partial charge in [-0.3, -0.25) is 19.7 Å². The summed E-state index contributed by atoms with van der Waals surface area (Å²) in [6.07, 6.45) is 5.01. The molecule has 3 rings (SSSR count). The maximum Gasteiger partial charge on any atom is 0.270 e. The van der Waals surface area contributed by atoms with Crippen LogP contribution in [0.25, 0.3) is 0 Å². The summed E-state index contributed by atoms with van der Waals surface area (Å²) in [5.74, 6) is 0.00229. The van der Waals surface area contributed by atoms with Gasteiger partial charge in [0.15, 0.2) is 0 Å². The number of nitrogens with zero attached hydrogens (tertiary/aromatic N) is 4. The molecular formula is C24H28N4O5. The number of aromatic nitrogens is 1. The Balaban J connectivity index is 1.81.